The fourth-order valence-electron chi connectivity index (χ4n) is 1.53. The zero-order valence-electron chi connectivity index (χ0n) is 8.48. The molecular weight excluding hydrogens is 230 g/mol. The van der Waals surface area contributed by atoms with E-state index in [1.54, 1.807) is 24.3 Å². The molecule has 0 atom stereocenters. The Morgan fingerprint density at radius 2 is 2.06 bits per heavy atom. The second-order valence-corrected chi connectivity index (χ2v) is 3.64. The molecule has 84 valence electrons. The molecule has 0 N–H and O–H groups in total. The summed E-state index contributed by atoms with van der Waals surface area (Å²) in [7, 11) is 0. The Bertz CT molecular complexity index is 416. The van der Waals surface area contributed by atoms with E-state index in [9.17, 15) is 9.59 Å². The standard InChI is InChI=1S/C11H10ClNO3/c12-7-10(14)8-1-3-9(4-2-8)13-5-6-16-11(13)15/h1-4H,5-7H2. The highest BCUT2D eigenvalue weighted by Crippen LogP contribution is 2.19. The normalized spacial score (nSPS) is 15.1. The van der Waals surface area contributed by atoms with E-state index in [1.807, 2.05) is 0 Å². The molecule has 0 unspecified atom stereocenters. The van der Waals surface area contributed by atoms with Crippen molar-refractivity contribution in [1.29, 1.82) is 0 Å². The lowest BCUT2D eigenvalue weighted by Crippen LogP contribution is -2.23. The zero-order valence-corrected chi connectivity index (χ0v) is 9.24. The van der Waals surface area contributed by atoms with E-state index in [1.165, 1.54) is 4.90 Å². The Morgan fingerprint density at radius 1 is 1.38 bits per heavy atom. The molecule has 4 nitrogen and oxygen atoms in total. The van der Waals surface area contributed by atoms with E-state index >= 15 is 0 Å². The number of Topliss-reactive ketones (excluding diaryl/α,β-unsaturated/α-hetero) is 1. The van der Waals surface area contributed by atoms with E-state index in [-0.39, 0.29) is 17.8 Å². The van der Waals surface area contributed by atoms with Crippen molar-refractivity contribution < 1.29 is 14.3 Å². The highest BCUT2D eigenvalue weighted by Gasteiger charge is 2.23. The van der Waals surface area contributed by atoms with Gasteiger partial charge in [-0.3, -0.25) is 9.69 Å². The van der Waals surface area contributed by atoms with Crippen molar-refractivity contribution >= 4 is 29.2 Å². The maximum Gasteiger partial charge on any atom is 0.414 e. The molecule has 0 spiro atoms. The predicted octanol–water partition coefficient (Wildman–Crippen LogP) is 2.06. The lowest BCUT2D eigenvalue weighted by atomic mass is 10.1. The average molecular weight is 240 g/mol. The zero-order chi connectivity index (χ0) is 11.5. The van der Waals surface area contributed by atoms with Crippen LogP contribution < -0.4 is 4.90 Å². The molecule has 1 heterocycles. The fraction of sp³-hybridized carbons (Fsp3) is 0.273. The van der Waals surface area contributed by atoms with Crippen molar-refractivity contribution in [2.24, 2.45) is 0 Å². The molecule has 0 aromatic heterocycles. The number of hydrogen-bond acceptors (Lipinski definition) is 3. The molecule has 16 heavy (non-hydrogen) atoms. The maximum atomic E-state index is 11.3. The van der Waals surface area contributed by atoms with Gasteiger partial charge >= 0.3 is 6.09 Å². The number of amides is 1. The van der Waals surface area contributed by atoms with Crippen molar-refractivity contribution in [2.75, 3.05) is 23.9 Å². The average Bonchev–Trinajstić information content (AvgIpc) is 2.75. The molecule has 1 aliphatic rings. The van der Waals surface area contributed by atoms with Crippen LogP contribution in [0, 0.1) is 0 Å². The molecule has 0 bridgehead atoms. The molecule has 0 aliphatic carbocycles. The highest BCUT2D eigenvalue weighted by atomic mass is 35.5. The van der Waals surface area contributed by atoms with Gasteiger partial charge in [0.2, 0.25) is 0 Å². The van der Waals surface area contributed by atoms with E-state index in [0.29, 0.717) is 18.7 Å². The first-order valence-corrected chi connectivity index (χ1v) is 5.39. The van der Waals surface area contributed by atoms with Crippen LogP contribution in [0.4, 0.5) is 10.5 Å². The summed E-state index contributed by atoms with van der Waals surface area (Å²) in [6.45, 7) is 0.947. The molecule has 0 radical (unpaired) electrons. The number of ether oxygens (including phenoxy) is 1. The van der Waals surface area contributed by atoms with Crippen LogP contribution in [-0.4, -0.2) is 30.9 Å². The summed E-state index contributed by atoms with van der Waals surface area (Å²) < 4.78 is 4.82. The van der Waals surface area contributed by atoms with Crippen LogP contribution in [-0.2, 0) is 4.74 Å². The first-order chi connectivity index (χ1) is 7.72. The lowest BCUT2D eigenvalue weighted by molar-refractivity contribution is 0.102. The largest absolute Gasteiger partial charge is 0.447 e. The molecule has 1 saturated heterocycles. The van der Waals surface area contributed by atoms with Gasteiger partial charge in [0.25, 0.3) is 0 Å². The van der Waals surface area contributed by atoms with E-state index in [4.69, 9.17) is 16.3 Å². The van der Waals surface area contributed by atoms with Crippen LogP contribution in [0.3, 0.4) is 0 Å². The van der Waals surface area contributed by atoms with Crippen molar-refractivity contribution in [2.45, 2.75) is 0 Å². The first kappa shape index (κ1) is 11.0. The smallest absolute Gasteiger partial charge is 0.414 e. The number of halogens is 1. The maximum absolute atomic E-state index is 11.3. The second kappa shape index (κ2) is 4.53. The number of rotatable bonds is 3. The number of hydrogen-bond donors (Lipinski definition) is 0. The Kier molecular flexibility index (Phi) is 3.10. The number of cyclic esters (lactones) is 1. The fourth-order valence-corrected chi connectivity index (χ4v) is 1.69. The van der Waals surface area contributed by atoms with Gasteiger partial charge in [-0.1, -0.05) is 0 Å². The molecule has 1 aliphatic heterocycles. The van der Waals surface area contributed by atoms with Crippen LogP contribution in [0.5, 0.6) is 0 Å². The quantitative estimate of drug-likeness (QED) is 0.599. The SMILES string of the molecule is O=C(CCl)c1ccc(N2CCOC2=O)cc1. The third-order valence-electron chi connectivity index (χ3n) is 2.38. The molecule has 5 heteroatoms. The summed E-state index contributed by atoms with van der Waals surface area (Å²) in [4.78, 5) is 24.1. The second-order valence-electron chi connectivity index (χ2n) is 3.37. The Morgan fingerprint density at radius 3 is 2.56 bits per heavy atom. The first-order valence-electron chi connectivity index (χ1n) is 4.86. The molecule has 1 aromatic rings. The van der Waals surface area contributed by atoms with Gasteiger partial charge in [-0.05, 0) is 24.3 Å². The minimum Gasteiger partial charge on any atom is -0.447 e. The van der Waals surface area contributed by atoms with Crippen LogP contribution in [0.2, 0.25) is 0 Å². The van der Waals surface area contributed by atoms with Gasteiger partial charge in [-0.25, -0.2) is 4.79 Å². The molecule has 2 rings (SSSR count). The van der Waals surface area contributed by atoms with Crippen LogP contribution in [0.15, 0.2) is 24.3 Å². The Labute approximate surface area is 97.7 Å². The highest BCUT2D eigenvalue weighted by molar-refractivity contribution is 6.30. The number of carbonyl (C=O) groups excluding carboxylic acids is 2. The van der Waals surface area contributed by atoms with Gasteiger partial charge in [0, 0.05) is 11.3 Å². The number of carbonyl (C=O) groups is 2. The number of anilines is 1. The van der Waals surface area contributed by atoms with Crippen LogP contribution in [0.1, 0.15) is 10.4 Å². The van der Waals surface area contributed by atoms with E-state index in [2.05, 4.69) is 0 Å². The third-order valence-corrected chi connectivity index (χ3v) is 2.63. The predicted molar refractivity (Wildman–Crippen MR) is 60.2 cm³/mol. The summed E-state index contributed by atoms with van der Waals surface area (Å²) in [5.74, 6) is -0.164. The molecule has 1 amide bonds. The molecule has 1 fully saturated rings. The number of nitrogens with zero attached hydrogens (tertiary/aromatic N) is 1. The van der Waals surface area contributed by atoms with Gasteiger partial charge in [-0.15, -0.1) is 11.6 Å². The monoisotopic (exact) mass is 239 g/mol. The summed E-state index contributed by atoms with van der Waals surface area (Å²) in [6.07, 6.45) is -0.351. The van der Waals surface area contributed by atoms with Crippen LogP contribution in [0.25, 0.3) is 0 Å². The van der Waals surface area contributed by atoms with Crippen molar-refractivity contribution in [3.63, 3.8) is 0 Å². The molecule has 0 saturated carbocycles. The van der Waals surface area contributed by atoms with Crippen molar-refractivity contribution in [3.05, 3.63) is 29.8 Å². The molecule has 1 aromatic carbocycles. The Balaban J connectivity index is 2.19. The van der Waals surface area contributed by atoms with Gasteiger partial charge in [0.05, 0.1) is 12.4 Å². The summed E-state index contributed by atoms with van der Waals surface area (Å²) in [5, 5.41) is 0. The minimum atomic E-state index is -0.351. The van der Waals surface area contributed by atoms with Gasteiger partial charge in [0.15, 0.2) is 5.78 Å². The molecular formula is C11H10ClNO3. The topological polar surface area (TPSA) is 46.6 Å². The van der Waals surface area contributed by atoms with Crippen LogP contribution >= 0.6 is 11.6 Å². The summed E-state index contributed by atoms with van der Waals surface area (Å²) in [6, 6.07) is 6.75. The van der Waals surface area contributed by atoms with Crippen molar-refractivity contribution in [1.82, 2.24) is 0 Å². The Hall–Kier alpha value is -1.55. The summed E-state index contributed by atoms with van der Waals surface area (Å²) >= 11 is 5.44. The number of benzene rings is 1. The van der Waals surface area contributed by atoms with Gasteiger partial charge in [-0.2, -0.15) is 0 Å². The lowest BCUT2D eigenvalue weighted by Gasteiger charge is -2.12. The van der Waals surface area contributed by atoms with Gasteiger partial charge in [0.1, 0.15) is 6.61 Å². The number of ketones is 1. The van der Waals surface area contributed by atoms with E-state index < -0.39 is 0 Å². The van der Waals surface area contributed by atoms with Gasteiger partial charge < -0.3 is 4.74 Å². The van der Waals surface area contributed by atoms with E-state index in [0.717, 1.165) is 5.69 Å². The third kappa shape index (κ3) is 2.02. The summed E-state index contributed by atoms with van der Waals surface area (Å²) in [5.41, 5.74) is 1.28. The minimum absolute atomic E-state index is 0.0366. The number of alkyl halides is 1. The van der Waals surface area contributed by atoms with Crippen molar-refractivity contribution in [3.8, 4) is 0 Å².